The van der Waals surface area contributed by atoms with E-state index in [-0.39, 0.29) is 6.04 Å². The maximum Gasteiger partial charge on any atom is 0.0687 e. The SMILES string of the molecule is C=N.CN.Cc1cccc(-c2cccc(-c3cccc(C(N)c4ccccc4)c3)c2)c1.Cc1ccccc1.Cc1ccccc1C(=N)c1ccccc1. The summed E-state index contributed by atoms with van der Waals surface area (Å²) in [6, 6.07) is 64.1. The Hall–Kier alpha value is -6.20. The number of hydrogen-bond donors (Lipinski definition) is 4. The van der Waals surface area contributed by atoms with E-state index < -0.39 is 0 Å². The molecule has 0 aliphatic carbocycles. The lowest BCUT2D eigenvalue weighted by Crippen LogP contribution is -2.11. The normalized spacial score (nSPS) is 10.2. The van der Waals surface area contributed by atoms with Gasteiger partial charge < -0.3 is 16.9 Å². The van der Waals surface area contributed by atoms with Gasteiger partial charge in [-0.1, -0.05) is 187 Å². The summed E-state index contributed by atoms with van der Waals surface area (Å²) in [6.07, 6.45) is 0. The average Bonchev–Trinajstić information content (AvgIpc) is 3.23. The molecule has 268 valence electrons. The van der Waals surface area contributed by atoms with E-state index in [1.165, 1.54) is 40.4 Å². The van der Waals surface area contributed by atoms with E-state index >= 15 is 0 Å². The van der Waals surface area contributed by atoms with Crippen LogP contribution in [0.3, 0.4) is 0 Å². The molecule has 4 nitrogen and oxygen atoms in total. The van der Waals surface area contributed by atoms with Gasteiger partial charge in [-0.2, -0.15) is 0 Å². The summed E-state index contributed by atoms with van der Waals surface area (Å²) in [5, 5.41) is 13.6. The lowest BCUT2D eigenvalue weighted by atomic mass is 9.94. The lowest BCUT2D eigenvalue weighted by Gasteiger charge is -2.14. The molecule has 1 unspecified atom stereocenters. The zero-order valence-corrected chi connectivity index (χ0v) is 31.3. The van der Waals surface area contributed by atoms with Crippen LogP contribution < -0.4 is 11.5 Å². The van der Waals surface area contributed by atoms with Crippen molar-refractivity contribution in [1.82, 2.24) is 0 Å². The van der Waals surface area contributed by atoms with Gasteiger partial charge in [0, 0.05) is 11.1 Å². The molecular formula is C49H52N4. The van der Waals surface area contributed by atoms with E-state index in [1.807, 2.05) is 97.9 Å². The highest BCUT2D eigenvalue weighted by Crippen LogP contribution is 2.29. The summed E-state index contributed by atoms with van der Waals surface area (Å²) in [4.78, 5) is 0. The molecular weight excluding hydrogens is 645 g/mol. The van der Waals surface area contributed by atoms with Crippen molar-refractivity contribution in [3.63, 3.8) is 0 Å². The Bertz CT molecular complexity index is 2090. The summed E-state index contributed by atoms with van der Waals surface area (Å²) in [5.74, 6) is 0. The van der Waals surface area contributed by atoms with Gasteiger partial charge in [-0.3, -0.25) is 5.41 Å². The van der Waals surface area contributed by atoms with E-state index in [9.17, 15) is 0 Å². The Kier molecular flexibility index (Phi) is 17.6. The van der Waals surface area contributed by atoms with Crippen LogP contribution in [-0.2, 0) is 0 Å². The summed E-state index contributed by atoms with van der Waals surface area (Å²) < 4.78 is 0. The van der Waals surface area contributed by atoms with Crippen LogP contribution in [0.1, 0.15) is 45.0 Å². The molecule has 0 radical (unpaired) electrons. The van der Waals surface area contributed by atoms with E-state index in [0.29, 0.717) is 5.71 Å². The second-order valence-corrected chi connectivity index (χ2v) is 12.2. The van der Waals surface area contributed by atoms with Crippen LogP contribution in [0, 0.1) is 31.6 Å². The third kappa shape index (κ3) is 12.8. The summed E-state index contributed by atoms with van der Waals surface area (Å²) in [7, 11) is 1.50. The minimum Gasteiger partial charge on any atom is -0.333 e. The Morgan fingerprint density at radius 2 is 0.868 bits per heavy atom. The fraction of sp³-hybridized carbons (Fsp3) is 0.102. The Labute approximate surface area is 316 Å². The van der Waals surface area contributed by atoms with E-state index in [4.69, 9.17) is 16.6 Å². The summed E-state index contributed by atoms with van der Waals surface area (Å²) in [6.45, 7) is 8.74. The quantitative estimate of drug-likeness (QED) is 0.130. The van der Waals surface area contributed by atoms with Gasteiger partial charge in [0.1, 0.15) is 0 Å². The van der Waals surface area contributed by atoms with Crippen molar-refractivity contribution in [2.24, 2.45) is 11.5 Å². The highest BCUT2D eigenvalue weighted by atomic mass is 14.6. The maximum absolute atomic E-state index is 8.11. The van der Waals surface area contributed by atoms with Crippen molar-refractivity contribution in [2.45, 2.75) is 26.8 Å². The largest absolute Gasteiger partial charge is 0.333 e. The summed E-state index contributed by atoms with van der Waals surface area (Å²) >= 11 is 0. The molecule has 0 saturated carbocycles. The first-order chi connectivity index (χ1) is 25.9. The van der Waals surface area contributed by atoms with Crippen molar-refractivity contribution in [2.75, 3.05) is 7.05 Å². The summed E-state index contributed by atoms with van der Waals surface area (Å²) in [5.41, 5.74) is 24.4. The number of rotatable bonds is 6. The first-order valence-corrected chi connectivity index (χ1v) is 17.6. The fourth-order valence-corrected chi connectivity index (χ4v) is 5.62. The standard InChI is InChI=1S/C26H23N.C14H13N.C7H8.CH5N.CH3N/c1-19-8-5-11-21(16-19)22-12-6-13-23(17-22)24-14-7-15-25(18-24)26(27)20-9-3-2-4-10-20;1-11-7-5-6-10-13(11)14(15)12-8-3-2-4-9-12;1-7-5-3-2-4-6-7;2*1-2/h2-18,26H,27H2,1H3;2-10,15H,1H3;2-6H,1H3;2H2,1H3;2H,1H2. The van der Waals surface area contributed by atoms with Crippen LogP contribution >= 0.6 is 0 Å². The smallest absolute Gasteiger partial charge is 0.0687 e. The van der Waals surface area contributed by atoms with Gasteiger partial charge in [-0.05, 0) is 85.6 Å². The fourth-order valence-electron chi connectivity index (χ4n) is 5.62. The molecule has 7 rings (SSSR count). The van der Waals surface area contributed by atoms with Crippen molar-refractivity contribution in [3.8, 4) is 22.3 Å². The molecule has 0 fully saturated rings. The predicted octanol–water partition coefficient (Wildman–Crippen LogP) is 11.6. The van der Waals surface area contributed by atoms with Crippen molar-refractivity contribution in [1.29, 1.82) is 10.8 Å². The van der Waals surface area contributed by atoms with Crippen molar-refractivity contribution < 1.29 is 0 Å². The molecule has 4 heteroatoms. The highest BCUT2D eigenvalue weighted by molar-refractivity contribution is 6.11. The monoisotopic (exact) mass is 696 g/mol. The number of hydrogen-bond acceptors (Lipinski definition) is 4. The minimum absolute atomic E-state index is 0.119. The molecule has 0 amide bonds. The van der Waals surface area contributed by atoms with Crippen molar-refractivity contribution >= 4 is 12.4 Å². The zero-order valence-electron chi connectivity index (χ0n) is 31.3. The average molecular weight is 697 g/mol. The molecule has 0 heterocycles. The minimum atomic E-state index is -0.119. The number of nitrogens with one attached hydrogen (secondary N) is 2. The Morgan fingerprint density at radius 1 is 0.453 bits per heavy atom. The molecule has 0 aliphatic rings. The predicted molar refractivity (Wildman–Crippen MR) is 229 cm³/mol. The second-order valence-electron chi connectivity index (χ2n) is 12.2. The molecule has 53 heavy (non-hydrogen) atoms. The van der Waals surface area contributed by atoms with Crippen LogP contribution in [0.25, 0.3) is 22.3 Å². The van der Waals surface area contributed by atoms with Crippen LogP contribution in [0.4, 0.5) is 0 Å². The molecule has 0 spiro atoms. The van der Waals surface area contributed by atoms with Gasteiger partial charge in [0.05, 0.1) is 11.8 Å². The Morgan fingerprint density at radius 3 is 1.40 bits per heavy atom. The third-order valence-corrected chi connectivity index (χ3v) is 8.37. The van der Waals surface area contributed by atoms with E-state index in [0.717, 1.165) is 27.8 Å². The molecule has 1 atom stereocenters. The second kappa shape index (κ2) is 22.6. The zero-order chi connectivity index (χ0) is 38.4. The number of nitrogens with two attached hydrogens (primary N) is 2. The van der Waals surface area contributed by atoms with Crippen LogP contribution in [-0.4, -0.2) is 19.5 Å². The van der Waals surface area contributed by atoms with Gasteiger partial charge in [0.2, 0.25) is 0 Å². The number of benzene rings is 7. The number of aryl methyl sites for hydroxylation is 3. The third-order valence-electron chi connectivity index (χ3n) is 8.37. The van der Waals surface area contributed by atoms with Crippen LogP contribution in [0.15, 0.2) is 188 Å². The maximum atomic E-state index is 8.11. The molecule has 7 aromatic rings. The van der Waals surface area contributed by atoms with Gasteiger partial charge in [0.15, 0.2) is 0 Å². The highest BCUT2D eigenvalue weighted by Gasteiger charge is 2.10. The van der Waals surface area contributed by atoms with Gasteiger partial charge in [0.25, 0.3) is 0 Å². The van der Waals surface area contributed by atoms with Crippen molar-refractivity contribution in [3.05, 3.63) is 227 Å². The molecule has 0 bridgehead atoms. The topological polar surface area (TPSA) is 99.7 Å². The van der Waals surface area contributed by atoms with E-state index in [2.05, 4.69) is 123 Å². The van der Waals surface area contributed by atoms with Gasteiger partial charge in [-0.25, -0.2) is 0 Å². The molecule has 7 aromatic carbocycles. The molecule has 6 N–H and O–H groups in total. The lowest BCUT2D eigenvalue weighted by molar-refractivity contribution is 0.872. The van der Waals surface area contributed by atoms with Gasteiger partial charge >= 0.3 is 0 Å². The van der Waals surface area contributed by atoms with Crippen LogP contribution in [0.2, 0.25) is 0 Å². The van der Waals surface area contributed by atoms with E-state index in [1.54, 1.807) is 0 Å². The first-order valence-electron chi connectivity index (χ1n) is 17.6. The molecule has 0 saturated heterocycles. The molecule has 0 aromatic heterocycles. The first kappa shape index (κ1) is 41.2. The molecule has 0 aliphatic heterocycles. The van der Waals surface area contributed by atoms with Crippen LogP contribution in [0.5, 0.6) is 0 Å². The Balaban J connectivity index is 0.000000243. The van der Waals surface area contributed by atoms with Gasteiger partial charge in [-0.15, -0.1) is 0 Å².